The molecule has 1 aromatic heterocycles. The Labute approximate surface area is 119 Å². The molecule has 4 nitrogen and oxygen atoms in total. The molecule has 0 aromatic carbocycles. The summed E-state index contributed by atoms with van der Waals surface area (Å²) >= 11 is 0. The first-order chi connectivity index (χ1) is 9.81. The Morgan fingerprint density at radius 1 is 1.40 bits per heavy atom. The second kappa shape index (κ2) is 6.18. The molecule has 1 amide bonds. The van der Waals surface area contributed by atoms with Gasteiger partial charge < -0.3 is 10.1 Å². The van der Waals surface area contributed by atoms with Gasteiger partial charge in [-0.1, -0.05) is 18.2 Å². The van der Waals surface area contributed by atoms with Gasteiger partial charge >= 0.3 is 0 Å². The number of amides is 1. The first-order valence-corrected chi connectivity index (χ1v) is 7.31. The van der Waals surface area contributed by atoms with Crippen LogP contribution >= 0.6 is 0 Å². The monoisotopic (exact) mass is 272 g/mol. The molecule has 4 heteroatoms. The molecule has 20 heavy (non-hydrogen) atoms. The van der Waals surface area contributed by atoms with Crippen LogP contribution in [0.3, 0.4) is 0 Å². The van der Waals surface area contributed by atoms with Crippen LogP contribution in [0, 0.1) is 11.8 Å². The van der Waals surface area contributed by atoms with Gasteiger partial charge in [-0.25, -0.2) is 0 Å². The van der Waals surface area contributed by atoms with E-state index in [0.29, 0.717) is 18.2 Å². The summed E-state index contributed by atoms with van der Waals surface area (Å²) in [5, 5.41) is 2.92. The average Bonchev–Trinajstić information content (AvgIpc) is 3.17. The third-order valence-electron chi connectivity index (χ3n) is 3.78. The predicted molar refractivity (Wildman–Crippen MR) is 77.3 cm³/mol. The number of rotatable bonds is 5. The molecule has 0 bridgehead atoms. The molecule has 2 heterocycles. The fourth-order valence-corrected chi connectivity index (χ4v) is 2.25. The highest BCUT2D eigenvalue weighted by Crippen LogP contribution is 2.30. The Morgan fingerprint density at radius 2 is 2.30 bits per heavy atom. The molecular formula is C16H20N2O2. The molecule has 2 aliphatic rings. The van der Waals surface area contributed by atoms with Gasteiger partial charge in [-0.05, 0) is 36.8 Å². The van der Waals surface area contributed by atoms with Crippen LogP contribution in [0.5, 0.6) is 0 Å². The van der Waals surface area contributed by atoms with E-state index in [0.717, 1.165) is 31.1 Å². The van der Waals surface area contributed by atoms with Crippen molar-refractivity contribution in [2.24, 2.45) is 11.8 Å². The zero-order valence-electron chi connectivity index (χ0n) is 11.5. The van der Waals surface area contributed by atoms with Crippen molar-refractivity contribution in [1.82, 2.24) is 10.3 Å². The third kappa shape index (κ3) is 3.67. The molecule has 1 saturated carbocycles. The summed E-state index contributed by atoms with van der Waals surface area (Å²) in [4.78, 5) is 16.2. The molecular weight excluding hydrogens is 252 g/mol. The zero-order valence-corrected chi connectivity index (χ0v) is 11.5. The van der Waals surface area contributed by atoms with Gasteiger partial charge in [0.2, 0.25) is 0 Å². The summed E-state index contributed by atoms with van der Waals surface area (Å²) in [6.07, 6.45) is 9.69. The molecule has 1 aliphatic heterocycles. The summed E-state index contributed by atoms with van der Waals surface area (Å²) in [7, 11) is 0. The SMILES string of the molecule is O=C(NCC1CCOC1)c1ccc(/C=C\C2CC2)cn1. The van der Waals surface area contributed by atoms with Gasteiger partial charge in [0.05, 0.1) is 6.61 Å². The smallest absolute Gasteiger partial charge is 0.269 e. The lowest BCUT2D eigenvalue weighted by Crippen LogP contribution is -2.30. The normalized spacial score (nSPS) is 22.3. The largest absolute Gasteiger partial charge is 0.381 e. The van der Waals surface area contributed by atoms with E-state index >= 15 is 0 Å². The van der Waals surface area contributed by atoms with Crippen LogP contribution in [0.4, 0.5) is 0 Å². The van der Waals surface area contributed by atoms with E-state index in [2.05, 4.69) is 22.5 Å². The van der Waals surface area contributed by atoms with Crippen molar-refractivity contribution in [2.75, 3.05) is 19.8 Å². The molecule has 1 atom stereocenters. The standard InChI is InChI=1S/C16H20N2O2/c19-16(18-10-14-7-8-20-11-14)15-6-5-13(9-17-15)4-3-12-1-2-12/h3-6,9,12,14H,1-2,7-8,10-11H2,(H,18,19)/b4-3-. The van der Waals surface area contributed by atoms with E-state index in [9.17, 15) is 4.79 Å². The highest BCUT2D eigenvalue weighted by molar-refractivity contribution is 5.92. The van der Waals surface area contributed by atoms with Gasteiger partial charge in [-0.15, -0.1) is 0 Å². The minimum absolute atomic E-state index is 0.102. The number of carbonyl (C=O) groups excluding carboxylic acids is 1. The highest BCUT2D eigenvalue weighted by Gasteiger charge is 2.18. The number of allylic oxidation sites excluding steroid dienone is 1. The number of pyridine rings is 1. The molecule has 0 spiro atoms. The average molecular weight is 272 g/mol. The molecule has 1 aromatic rings. The number of aromatic nitrogens is 1. The van der Waals surface area contributed by atoms with Crippen molar-refractivity contribution in [3.63, 3.8) is 0 Å². The van der Waals surface area contributed by atoms with E-state index in [1.807, 2.05) is 6.07 Å². The zero-order chi connectivity index (χ0) is 13.8. The topological polar surface area (TPSA) is 51.2 Å². The van der Waals surface area contributed by atoms with Gasteiger partial charge in [0.15, 0.2) is 0 Å². The molecule has 1 N–H and O–H groups in total. The fraction of sp³-hybridized carbons (Fsp3) is 0.500. The molecule has 1 unspecified atom stereocenters. The number of nitrogens with one attached hydrogen (secondary N) is 1. The van der Waals surface area contributed by atoms with E-state index in [-0.39, 0.29) is 5.91 Å². The molecule has 2 fully saturated rings. The predicted octanol–water partition coefficient (Wildman–Crippen LogP) is 2.27. The van der Waals surface area contributed by atoms with Gasteiger partial charge in [-0.2, -0.15) is 0 Å². The van der Waals surface area contributed by atoms with Crippen LogP contribution < -0.4 is 5.32 Å². The van der Waals surface area contributed by atoms with Crippen molar-refractivity contribution in [3.05, 3.63) is 35.7 Å². The van der Waals surface area contributed by atoms with Crippen molar-refractivity contribution >= 4 is 12.0 Å². The van der Waals surface area contributed by atoms with Crippen LogP contribution in [0.2, 0.25) is 0 Å². The first kappa shape index (κ1) is 13.3. The Morgan fingerprint density at radius 3 is 2.95 bits per heavy atom. The minimum Gasteiger partial charge on any atom is -0.381 e. The second-order valence-corrected chi connectivity index (χ2v) is 5.61. The Balaban J connectivity index is 1.51. The van der Waals surface area contributed by atoms with Gasteiger partial charge in [-0.3, -0.25) is 9.78 Å². The number of ether oxygens (including phenoxy) is 1. The summed E-state index contributed by atoms with van der Waals surface area (Å²) < 4.78 is 5.29. The van der Waals surface area contributed by atoms with Gasteiger partial charge in [0.1, 0.15) is 5.69 Å². The van der Waals surface area contributed by atoms with E-state index in [4.69, 9.17) is 4.74 Å². The van der Waals surface area contributed by atoms with Crippen LogP contribution in [-0.4, -0.2) is 30.6 Å². The van der Waals surface area contributed by atoms with Crippen LogP contribution in [-0.2, 0) is 4.74 Å². The van der Waals surface area contributed by atoms with Crippen molar-refractivity contribution in [3.8, 4) is 0 Å². The van der Waals surface area contributed by atoms with Crippen LogP contribution in [0.15, 0.2) is 24.4 Å². The van der Waals surface area contributed by atoms with E-state index < -0.39 is 0 Å². The third-order valence-corrected chi connectivity index (χ3v) is 3.78. The maximum Gasteiger partial charge on any atom is 0.269 e. The minimum atomic E-state index is -0.102. The van der Waals surface area contributed by atoms with Gasteiger partial charge in [0, 0.05) is 25.3 Å². The Hall–Kier alpha value is -1.68. The summed E-state index contributed by atoms with van der Waals surface area (Å²) in [5.74, 6) is 1.10. The number of hydrogen-bond acceptors (Lipinski definition) is 3. The number of hydrogen-bond donors (Lipinski definition) is 1. The number of nitrogens with zero attached hydrogens (tertiary/aromatic N) is 1. The molecule has 3 rings (SSSR count). The number of carbonyl (C=O) groups is 1. The van der Waals surface area contributed by atoms with Crippen LogP contribution in [0.1, 0.15) is 35.3 Å². The van der Waals surface area contributed by atoms with Crippen LogP contribution in [0.25, 0.3) is 6.08 Å². The fourth-order valence-electron chi connectivity index (χ4n) is 2.25. The van der Waals surface area contributed by atoms with E-state index in [1.165, 1.54) is 12.8 Å². The molecule has 0 radical (unpaired) electrons. The summed E-state index contributed by atoms with van der Waals surface area (Å²) in [6, 6.07) is 3.73. The molecule has 1 aliphatic carbocycles. The first-order valence-electron chi connectivity index (χ1n) is 7.31. The Kier molecular flexibility index (Phi) is 4.11. The second-order valence-electron chi connectivity index (χ2n) is 5.61. The lowest BCUT2D eigenvalue weighted by atomic mass is 10.1. The van der Waals surface area contributed by atoms with Crippen molar-refractivity contribution in [2.45, 2.75) is 19.3 Å². The molecule has 106 valence electrons. The summed E-state index contributed by atoms with van der Waals surface area (Å²) in [5.41, 5.74) is 1.53. The lowest BCUT2D eigenvalue weighted by molar-refractivity contribution is 0.0940. The maximum atomic E-state index is 12.0. The molecule has 1 saturated heterocycles. The van der Waals surface area contributed by atoms with Gasteiger partial charge in [0.25, 0.3) is 5.91 Å². The highest BCUT2D eigenvalue weighted by atomic mass is 16.5. The van der Waals surface area contributed by atoms with E-state index in [1.54, 1.807) is 12.3 Å². The van der Waals surface area contributed by atoms with Crippen molar-refractivity contribution in [1.29, 1.82) is 0 Å². The lowest BCUT2D eigenvalue weighted by Gasteiger charge is -2.09. The summed E-state index contributed by atoms with van der Waals surface area (Å²) in [6.45, 7) is 2.23. The quantitative estimate of drug-likeness (QED) is 0.894. The maximum absolute atomic E-state index is 12.0. The Bertz CT molecular complexity index is 486. The van der Waals surface area contributed by atoms with Crippen molar-refractivity contribution < 1.29 is 9.53 Å².